The molecule has 0 spiro atoms. The van der Waals surface area contributed by atoms with Crippen molar-refractivity contribution in [3.05, 3.63) is 17.8 Å². The Hall–Kier alpha value is -1.34. The second kappa shape index (κ2) is 6.01. The third-order valence-corrected chi connectivity index (χ3v) is 3.36. The van der Waals surface area contributed by atoms with E-state index in [1.807, 2.05) is 13.8 Å². The molecule has 0 saturated carbocycles. The molecule has 0 aliphatic rings. The van der Waals surface area contributed by atoms with E-state index in [-0.39, 0.29) is 18.5 Å². The summed E-state index contributed by atoms with van der Waals surface area (Å²) in [4.78, 5) is 3.95. The van der Waals surface area contributed by atoms with Crippen molar-refractivity contribution in [3.63, 3.8) is 0 Å². The Kier molecular flexibility index (Phi) is 4.92. The number of aromatic nitrogens is 1. The standard InChI is InChI=1S/C11H19N3O3S/c1-8(2)17-4-5-18(15,16)14-11-9(3)6-10(12)7-13-11/h6-8H,4-5,12H2,1-3H3,(H,13,14). The average Bonchev–Trinajstić information content (AvgIpc) is 2.21. The SMILES string of the molecule is Cc1cc(N)cnc1NS(=O)(=O)CCOC(C)C. The van der Waals surface area contributed by atoms with Gasteiger partial charge in [-0.15, -0.1) is 0 Å². The molecule has 102 valence electrons. The summed E-state index contributed by atoms with van der Waals surface area (Å²) < 4.78 is 31.1. The van der Waals surface area contributed by atoms with Gasteiger partial charge >= 0.3 is 0 Å². The van der Waals surface area contributed by atoms with Crippen LogP contribution in [-0.2, 0) is 14.8 Å². The van der Waals surface area contributed by atoms with Gasteiger partial charge in [-0.2, -0.15) is 0 Å². The van der Waals surface area contributed by atoms with E-state index in [0.717, 1.165) is 0 Å². The number of hydrogen-bond donors (Lipinski definition) is 2. The smallest absolute Gasteiger partial charge is 0.236 e. The van der Waals surface area contributed by atoms with Crippen molar-refractivity contribution < 1.29 is 13.2 Å². The van der Waals surface area contributed by atoms with Crippen LogP contribution in [-0.4, -0.2) is 31.9 Å². The zero-order valence-electron chi connectivity index (χ0n) is 10.8. The minimum Gasteiger partial charge on any atom is -0.397 e. The summed E-state index contributed by atoms with van der Waals surface area (Å²) in [7, 11) is -3.44. The number of hydrogen-bond acceptors (Lipinski definition) is 5. The topological polar surface area (TPSA) is 94.3 Å². The highest BCUT2D eigenvalue weighted by atomic mass is 32.2. The molecule has 1 aromatic heterocycles. The fourth-order valence-electron chi connectivity index (χ4n) is 1.30. The molecular formula is C11H19N3O3S. The van der Waals surface area contributed by atoms with Gasteiger partial charge < -0.3 is 10.5 Å². The summed E-state index contributed by atoms with van der Waals surface area (Å²) in [6.07, 6.45) is 1.42. The molecule has 0 aliphatic carbocycles. The number of sulfonamides is 1. The Morgan fingerprint density at radius 1 is 1.50 bits per heavy atom. The zero-order chi connectivity index (χ0) is 13.8. The highest BCUT2D eigenvalue weighted by Gasteiger charge is 2.13. The Morgan fingerprint density at radius 3 is 2.72 bits per heavy atom. The molecule has 1 rings (SSSR count). The normalized spacial score (nSPS) is 11.8. The van der Waals surface area contributed by atoms with E-state index in [0.29, 0.717) is 17.1 Å². The lowest BCUT2D eigenvalue weighted by atomic mass is 10.3. The maximum Gasteiger partial charge on any atom is 0.236 e. The minimum absolute atomic E-state index is 0.0107. The lowest BCUT2D eigenvalue weighted by Crippen LogP contribution is -2.22. The molecule has 1 heterocycles. The molecule has 0 aromatic carbocycles. The molecule has 0 aliphatic heterocycles. The van der Waals surface area contributed by atoms with E-state index in [9.17, 15) is 8.42 Å². The van der Waals surface area contributed by atoms with Gasteiger partial charge in [-0.25, -0.2) is 13.4 Å². The molecule has 18 heavy (non-hydrogen) atoms. The van der Waals surface area contributed by atoms with E-state index < -0.39 is 10.0 Å². The number of nitrogens with zero attached hydrogens (tertiary/aromatic N) is 1. The first-order valence-corrected chi connectivity index (χ1v) is 7.29. The summed E-state index contributed by atoms with van der Waals surface area (Å²) >= 11 is 0. The third kappa shape index (κ3) is 4.89. The van der Waals surface area contributed by atoms with Gasteiger partial charge in [0.1, 0.15) is 5.82 Å². The number of aryl methyl sites for hydroxylation is 1. The predicted molar refractivity (Wildman–Crippen MR) is 71.9 cm³/mol. The van der Waals surface area contributed by atoms with Crippen LogP contribution in [0, 0.1) is 6.92 Å². The van der Waals surface area contributed by atoms with Crippen LogP contribution in [0.25, 0.3) is 0 Å². The first-order chi connectivity index (χ1) is 8.30. The van der Waals surface area contributed by atoms with Crippen molar-refractivity contribution in [2.24, 2.45) is 0 Å². The number of ether oxygens (including phenoxy) is 1. The number of pyridine rings is 1. The van der Waals surface area contributed by atoms with Gasteiger partial charge in [-0.1, -0.05) is 0 Å². The molecule has 6 nitrogen and oxygen atoms in total. The second-order valence-electron chi connectivity index (χ2n) is 4.27. The lowest BCUT2D eigenvalue weighted by molar-refractivity contribution is 0.0913. The van der Waals surface area contributed by atoms with Crippen LogP contribution < -0.4 is 10.5 Å². The van der Waals surface area contributed by atoms with Gasteiger partial charge in [0.2, 0.25) is 10.0 Å². The van der Waals surface area contributed by atoms with Crippen molar-refractivity contribution in [1.82, 2.24) is 4.98 Å². The molecule has 0 atom stereocenters. The predicted octanol–water partition coefficient (Wildman–Crippen LogP) is 1.14. The van der Waals surface area contributed by atoms with E-state index in [2.05, 4.69) is 9.71 Å². The number of anilines is 2. The third-order valence-electron chi connectivity index (χ3n) is 2.15. The Bertz CT molecular complexity index is 500. The molecule has 0 radical (unpaired) electrons. The molecule has 0 fully saturated rings. The van der Waals surface area contributed by atoms with Crippen LogP contribution in [0.1, 0.15) is 19.4 Å². The van der Waals surface area contributed by atoms with Crippen molar-refractivity contribution in [2.45, 2.75) is 26.9 Å². The van der Waals surface area contributed by atoms with Gasteiger partial charge in [0, 0.05) is 0 Å². The van der Waals surface area contributed by atoms with Gasteiger partial charge in [0.05, 0.1) is 30.3 Å². The number of nitrogen functional groups attached to an aromatic ring is 1. The molecule has 0 saturated heterocycles. The van der Waals surface area contributed by atoms with Gasteiger partial charge in [0.15, 0.2) is 0 Å². The van der Waals surface area contributed by atoms with E-state index in [4.69, 9.17) is 10.5 Å². The number of nitrogens with two attached hydrogens (primary N) is 1. The van der Waals surface area contributed by atoms with Gasteiger partial charge in [-0.05, 0) is 32.4 Å². The van der Waals surface area contributed by atoms with Crippen LogP contribution in [0.15, 0.2) is 12.3 Å². The van der Waals surface area contributed by atoms with E-state index in [1.54, 1.807) is 13.0 Å². The van der Waals surface area contributed by atoms with Crippen molar-refractivity contribution >= 4 is 21.5 Å². The minimum atomic E-state index is -3.44. The Balaban J connectivity index is 2.65. The highest BCUT2D eigenvalue weighted by molar-refractivity contribution is 7.92. The van der Waals surface area contributed by atoms with E-state index in [1.165, 1.54) is 6.20 Å². The monoisotopic (exact) mass is 273 g/mol. The van der Waals surface area contributed by atoms with Crippen molar-refractivity contribution in [3.8, 4) is 0 Å². The summed E-state index contributed by atoms with van der Waals surface area (Å²) in [5, 5.41) is 0. The van der Waals surface area contributed by atoms with Gasteiger partial charge in [0.25, 0.3) is 0 Å². The molecular weight excluding hydrogens is 254 g/mol. The zero-order valence-corrected chi connectivity index (χ0v) is 11.6. The summed E-state index contributed by atoms with van der Waals surface area (Å²) in [6.45, 7) is 5.60. The lowest BCUT2D eigenvalue weighted by Gasteiger charge is -2.11. The maximum absolute atomic E-state index is 11.8. The Labute approximate surface area is 108 Å². The summed E-state index contributed by atoms with van der Waals surface area (Å²) in [6, 6.07) is 1.66. The summed E-state index contributed by atoms with van der Waals surface area (Å²) in [5.41, 5.74) is 6.73. The van der Waals surface area contributed by atoms with Crippen LogP contribution >= 0.6 is 0 Å². The van der Waals surface area contributed by atoms with E-state index >= 15 is 0 Å². The highest BCUT2D eigenvalue weighted by Crippen LogP contribution is 2.15. The van der Waals surface area contributed by atoms with Crippen molar-refractivity contribution in [2.75, 3.05) is 22.8 Å². The molecule has 0 unspecified atom stereocenters. The number of rotatable bonds is 6. The maximum atomic E-state index is 11.8. The van der Waals surface area contributed by atoms with Crippen LogP contribution in [0.4, 0.5) is 11.5 Å². The Morgan fingerprint density at radius 2 is 2.17 bits per heavy atom. The van der Waals surface area contributed by atoms with Crippen molar-refractivity contribution in [1.29, 1.82) is 0 Å². The quantitative estimate of drug-likeness (QED) is 0.810. The average molecular weight is 273 g/mol. The molecule has 1 aromatic rings. The molecule has 7 heteroatoms. The second-order valence-corrected chi connectivity index (χ2v) is 6.12. The van der Waals surface area contributed by atoms with Crippen LogP contribution in [0.5, 0.6) is 0 Å². The first-order valence-electron chi connectivity index (χ1n) is 5.64. The first kappa shape index (κ1) is 14.7. The molecule has 0 amide bonds. The fourth-order valence-corrected chi connectivity index (χ4v) is 2.22. The number of nitrogens with one attached hydrogen (secondary N) is 1. The largest absolute Gasteiger partial charge is 0.397 e. The molecule has 0 bridgehead atoms. The fraction of sp³-hybridized carbons (Fsp3) is 0.545. The summed E-state index contributed by atoms with van der Waals surface area (Å²) in [5.74, 6) is 0.199. The van der Waals surface area contributed by atoms with Crippen LogP contribution in [0.2, 0.25) is 0 Å². The van der Waals surface area contributed by atoms with Gasteiger partial charge in [-0.3, -0.25) is 4.72 Å². The van der Waals surface area contributed by atoms with Crippen LogP contribution in [0.3, 0.4) is 0 Å². The molecule has 3 N–H and O–H groups in total.